The average molecular weight is 380 g/mol. The van der Waals surface area contributed by atoms with E-state index < -0.39 is 0 Å². The smallest absolute Gasteiger partial charge is 0.224 e. The molecule has 1 amide bonds. The van der Waals surface area contributed by atoms with E-state index in [4.69, 9.17) is 5.73 Å². The van der Waals surface area contributed by atoms with Crippen LogP contribution in [0, 0.1) is 0 Å². The minimum atomic E-state index is 0.0228. The van der Waals surface area contributed by atoms with Gasteiger partial charge in [-0.3, -0.25) is 4.79 Å². The third kappa shape index (κ3) is 3.35. The van der Waals surface area contributed by atoms with Crippen LogP contribution in [0.2, 0.25) is 0 Å². The summed E-state index contributed by atoms with van der Waals surface area (Å²) in [6, 6.07) is 0.177. The number of carbonyl (C=O) groups is 1. The summed E-state index contributed by atoms with van der Waals surface area (Å²) < 4.78 is 0.921. The summed E-state index contributed by atoms with van der Waals surface area (Å²) in [7, 11) is 0. The summed E-state index contributed by atoms with van der Waals surface area (Å²) in [6.45, 7) is 3.76. The van der Waals surface area contributed by atoms with Crippen molar-refractivity contribution in [2.75, 3.05) is 23.3 Å². The standard InChI is InChI=1S/C16H22BrN5O/c1-2-4-13(23)21-12-8-20-16-14(12)15(11(17)7-19-16)22-6-3-5-10(18)9-22/h7-8,10H,2-6,9,18H2,1H3,(H,19,20)(H,21,23). The number of nitrogens with two attached hydrogens (primary N) is 1. The molecule has 0 aliphatic carbocycles. The molecule has 0 saturated carbocycles. The van der Waals surface area contributed by atoms with Gasteiger partial charge in [-0.05, 0) is 35.2 Å². The van der Waals surface area contributed by atoms with Gasteiger partial charge in [0, 0.05) is 37.9 Å². The Balaban J connectivity index is 2.03. The summed E-state index contributed by atoms with van der Waals surface area (Å²) in [5.41, 5.74) is 8.75. The highest BCUT2D eigenvalue weighted by Gasteiger charge is 2.23. The SMILES string of the molecule is CCCC(=O)Nc1c[nH]c2ncc(Br)c(N3CCCC(N)C3)c12. The molecule has 0 aromatic carbocycles. The van der Waals surface area contributed by atoms with Crippen LogP contribution >= 0.6 is 15.9 Å². The van der Waals surface area contributed by atoms with Gasteiger partial charge in [0.15, 0.2) is 0 Å². The number of nitrogens with one attached hydrogen (secondary N) is 2. The van der Waals surface area contributed by atoms with Crippen LogP contribution in [0.3, 0.4) is 0 Å². The Labute approximate surface area is 143 Å². The summed E-state index contributed by atoms with van der Waals surface area (Å²) >= 11 is 3.62. The Hall–Kier alpha value is -1.60. The zero-order valence-electron chi connectivity index (χ0n) is 13.2. The van der Waals surface area contributed by atoms with Crippen molar-refractivity contribution in [3.63, 3.8) is 0 Å². The molecule has 4 N–H and O–H groups in total. The second kappa shape index (κ2) is 6.88. The van der Waals surface area contributed by atoms with Crippen LogP contribution in [0.1, 0.15) is 32.6 Å². The highest BCUT2D eigenvalue weighted by molar-refractivity contribution is 9.10. The molecular formula is C16H22BrN5O. The number of hydrogen-bond acceptors (Lipinski definition) is 4. The fraction of sp³-hybridized carbons (Fsp3) is 0.500. The minimum Gasteiger partial charge on any atom is -0.368 e. The lowest BCUT2D eigenvalue weighted by Gasteiger charge is -2.33. The van der Waals surface area contributed by atoms with E-state index in [2.05, 4.69) is 36.1 Å². The summed E-state index contributed by atoms with van der Waals surface area (Å²) in [4.78, 5) is 21.8. The molecule has 1 unspecified atom stereocenters. The number of aromatic nitrogens is 2. The number of amides is 1. The third-order valence-corrected chi connectivity index (χ3v) is 4.73. The number of aromatic amines is 1. The lowest BCUT2D eigenvalue weighted by atomic mass is 10.1. The van der Waals surface area contributed by atoms with Gasteiger partial charge in [0.05, 0.1) is 21.2 Å². The molecule has 1 aliphatic rings. The van der Waals surface area contributed by atoms with Crippen LogP contribution in [0.25, 0.3) is 11.0 Å². The molecule has 2 aromatic rings. The van der Waals surface area contributed by atoms with Crippen molar-refractivity contribution in [1.29, 1.82) is 0 Å². The number of nitrogens with zero attached hydrogens (tertiary/aromatic N) is 2. The van der Waals surface area contributed by atoms with E-state index in [1.165, 1.54) is 0 Å². The van der Waals surface area contributed by atoms with Crippen molar-refractivity contribution < 1.29 is 4.79 Å². The quantitative estimate of drug-likeness (QED) is 0.761. The Kier molecular flexibility index (Phi) is 4.87. The van der Waals surface area contributed by atoms with E-state index in [1.54, 1.807) is 6.20 Å². The first-order valence-electron chi connectivity index (χ1n) is 8.06. The predicted octanol–water partition coefficient (Wildman–Crippen LogP) is 2.99. The second-order valence-corrected chi connectivity index (χ2v) is 6.88. The lowest BCUT2D eigenvalue weighted by Crippen LogP contribution is -2.43. The molecule has 3 heterocycles. The van der Waals surface area contributed by atoms with Gasteiger partial charge in [-0.1, -0.05) is 6.92 Å². The second-order valence-electron chi connectivity index (χ2n) is 6.03. The molecule has 1 saturated heterocycles. The largest absolute Gasteiger partial charge is 0.368 e. The maximum Gasteiger partial charge on any atom is 0.224 e. The fourth-order valence-electron chi connectivity index (χ4n) is 3.12. The van der Waals surface area contributed by atoms with Crippen LogP contribution in [-0.4, -0.2) is 35.0 Å². The molecule has 2 aromatic heterocycles. The van der Waals surface area contributed by atoms with E-state index in [9.17, 15) is 4.79 Å². The van der Waals surface area contributed by atoms with Crippen molar-refractivity contribution >= 4 is 44.2 Å². The zero-order chi connectivity index (χ0) is 16.4. The number of pyridine rings is 1. The van der Waals surface area contributed by atoms with Crippen molar-refractivity contribution in [3.8, 4) is 0 Å². The number of hydrogen-bond donors (Lipinski definition) is 3. The van der Waals surface area contributed by atoms with Gasteiger partial charge < -0.3 is 20.9 Å². The van der Waals surface area contributed by atoms with E-state index in [0.29, 0.717) is 6.42 Å². The van der Waals surface area contributed by atoms with E-state index in [1.807, 2.05) is 13.1 Å². The number of piperidine rings is 1. The van der Waals surface area contributed by atoms with Gasteiger partial charge >= 0.3 is 0 Å². The van der Waals surface area contributed by atoms with Crippen LogP contribution < -0.4 is 16.0 Å². The third-order valence-electron chi connectivity index (χ3n) is 4.15. The maximum absolute atomic E-state index is 12.0. The van der Waals surface area contributed by atoms with Gasteiger partial charge in [0.2, 0.25) is 5.91 Å². The number of rotatable bonds is 4. The van der Waals surface area contributed by atoms with Crippen LogP contribution in [0.15, 0.2) is 16.9 Å². The summed E-state index contributed by atoms with van der Waals surface area (Å²) in [5, 5.41) is 3.94. The summed E-state index contributed by atoms with van der Waals surface area (Å²) in [5.74, 6) is 0.0228. The first-order valence-corrected chi connectivity index (χ1v) is 8.85. The molecule has 7 heteroatoms. The Morgan fingerprint density at radius 1 is 1.61 bits per heavy atom. The van der Waals surface area contributed by atoms with Crippen LogP contribution in [0.5, 0.6) is 0 Å². The van der Waals surface area contributed by atoms with Gasteiger partial charge in [0.25, 0.3) is 0 Å². The monoisotopic (exact) mass is 379 g/mol. The van der Waals surface area contributed by atoms with Gasteiger partial charge in [0.1, 0.15) is 5.65 Å². The number of fused-ring (bicyclic) bond motifs is 1. The molecule has 0 bridgehead atoms. The van der Waals surface area contributed by atoms with E-state index in [-0.39, 0.29) is 11.9 Å². The average Bonchev–Trinajstić information content (AvgIpc) is 2.90. The summed E-state index contributed by atoms with van der Waals surface area (Å²) in [6.07, 6.45) is 7.06. The number of H-pyrrole nitrogens is 1. The van der Waals surface area contributed by atoms with E-state index in [0.717, 1.165) is 59.2 Å². The van der Waals surface area contributed by atoms with Crippen LogP contribution in [0.4, 0.5) is 11.4 Å². The fourth-order valence-corrected chi connectivity index (χ4v) is 3.67. The number of halogens is 1. The molecule has 6 nitrogen and oxygen atoms in total. The highest BCUT2D eigenvalue weighted by atomic mass is 79.9. The van der Waals surface area contributed by atoms with Crippen molar-refractivity contribution in [2.45, 2.75) is 38.6 Å². The molecule has 3 rings (SSSR count). The Morgan fingerprint density at radius 2 is 2.43 bits per heavy atom. The van der Waals surface area contributed by atoms with Crippen LogP contribution in [-0.2, 0) is 4.79 Å². The Morgan fingerprint density at radius 3 is 3.17 bits per heavy atom. The first-order chi connectivity index (χ1) is 11.1. The lowest BCUT2D eigenvalue weighted by molar-refractivity contribution is -0.116. The highest BCUT2D eigenvalue weighted by Crippen LogP contribution is 2.38. The van der Waals surface area contributed by atoms with Crippen molar-refractivity contribution in [1.82, 2.24) is 9.97 Å². The molecule has 0 spiro atoms. The van der Waals surface area contributed by atoms with Gasteiger partial charge in [-0.15, -0.1) is 0 Å². The molecule has 1 fully saturated rings. The molecule has 1 atom stereocenters. The molecule has 124 valence electrons. The number of carbonyl (C=O) groups excluding carboxylic acids is 1. The predicted molar refractivity (Wildman–Crippen MR) is 96.8 cm³/mol. The van der Waals surface area contributed by atoms with Crippen molar-refractivity contribution in [3.05, 3.63) is 16.9 Å². The molecule has 23 heavy (non-hydrogen) atoms. The Bertz CT molecular complexity index is 714. The molecular weight excluding hydrogens is 358 g/mol. The van der Waals surface area contributed by atoms with Gasteiger partial charge in [-0.2, -0.15) is 0 Å². The van der Waals surface area contributed by atoms with E-state index >= 15 is 0 Å². The topological polar surface area (TPSA) is 87.0 Å². The minimum absolute atomic E-state index is 0.0228. The maximum atomic E-state index is 12.0. The normalized spacial score (nSPS) is 18.4. The number of anilines is 2. The van der Waals surface area contributed by atoms with Gasteiger partial charge in [-0.25, -0.2) is 4.98 Å². The first kappa shape index (κ1) is 16.3. The molecule has 1 aliphatic heterocycles. The zero-order valence-corrected chi connectivity index (χ0v) is 14.8. The molecule has 0 radical (unpaired) electrons. The van der Waals surface area contributed by atoms with Crippen molar-refractivity contribution in [2.24, 2.45) is 5.73 Å².